The Labute approximate surface area is 182 Å². The average molecular weight is 424 g/mol. The van der Waals surface area contributed by atoms with Gasteiger partial charge in [0.25, 0.3) is 0 Å². The van der Waals surface area contributed by atoms with Crippen molar-refractivity contribution in [1.82, 2.24) is 9.88 Å². The van der Waals surface area contributed by atoms with Crippen LogP contribution in [0.25, 0.3) is 10.6 Å². The Morgan fingerprint density at radius 1 is 1.03 bits per heavy atom. The number of rotatable bonds is 7. The molecule has 6 heteroatoms. The smallest absolute Gasteiger partial charge is 0.161 e. The number of anilines is 1. The van der Waals surface area contributed by atoms with Crippen LogP contribution in [0.15, 0.2) is 47.8 Å². The van der Waals surface area contributed by atoms with E-state index in [9.17, 15) is 0 Å². The molecule has 158 valence electrons. The Morgan fingerprint density at radius 3 is 2.60 bits per heavy atom. The van der Waals surface area contributed by atoms with Gasteiger partial charge >= 0.3 is 0 Å². The predicted molar refractivity (Wildman–Crippen MR) is 124 cm³/mol. The number of hydrogen-bond donors (Lipinski definition) is 0. The van der Waals surface area contributed by atoms with Crippen LogP contribution in [0.2, 0.25) is 0 Å². The number of methoxy groups -OCH3 is 1. The molecule has 2 aromatic carbocycles. The molecule has 0 radical (unpaired) electrons. The summed E-state index contributed by atoms with van der Waals surface area (Å²) in [5, 5.41) is 3.19. The Kier molecular flexibility index (Phi) is 6.55. The summed E-state index contributed by atoms with van der Waals surface area (Å²) in [6.07, 6.45) is 0. The largest absolute Gasteiger partial charge is 0.493 e. The highest BCUT2D eigenvalue weighted by atomic mass is 32.1. The predicted octanol–water partition coefficient (Wildman–Crippen LogP) is 4.85. The van der Waals surface area contributed by atoms with E-state index in [1.54, 1.807) is 18.4 Å². The minimum Gasteiger partial charge on any atom is -0.493 e. The number of benzene rings is 2. The van der Waals surface area contributed by atoms with Crippen LogP contribution in [0.1, 0.15) is 18.2 Å². The molecule has 1 aromatic heterocycles. The monoisotopic (exact) mass is 423 g/mol. The summed E-state index contributed by atoms with van der Waals surface area (Å²) in [7, 11) is 1.67. The van der Waals surface area contributed by atoms with E-state index in [0.29, 0.717) is 6.61 Å². The van der Waals surface area contributed by atoms with Crippen molar-refractivity contribution in [1.29, 1.82) is 0 Å². The van der Waals surface area contributed by atoms with Crippen molar-refractivity contribution < 1.29 is 9.47 Å². The van der Waals surface area contributed by atoms with Crippen molar-refractivity contribution in [3.8, 4) is 22.1 Å². The van der Waals surface area contributed by atoms with E-state index in [1.807, 2.05) is 19.1 Å². The molecule has 0 N–H and O–H groups in total. The Hall–Kier alpha value is -2.57. The molecule has 0 spiro atoms. The first-order valence-electron chi connectivity index (χ1n) is 10.5. The fraction of sp³-hybridized carbons (Fsp3) is 0.375. The molecule has 0 amide bonds. The zero-order chi connectivity index (χ0) is 20.9. The molecule has 0 bridgehead atoms. The van der Waals surface area contributed by atoms with Crippen LogP contribution < -0.4 is 14.4 Å². The van der Waals surface area contributed by atoms with Gasteiger partial charge < -0.3 is 14.4 Å². The topological polar surface area (TPSA) is 37.8 Å². The van der Waals surface area contributed by atoms with Gasteiger partial charge in [0.2, 0.25) is 0 Å². The van der Waals surface area contributed by atoms with Crippen LogP contribution >= 0.6 is 11.3 Å². The number of piperazine rings is 1. The molecule has 1 aliphatic heterocycles. The Bertz CT molecular complexity index is 980. The summed E-state index contributed by atoms with van der Waals surface area (Å²) in [6.45, 7) is 9.85. The normalized spacial score (nSPS) is 14.7. The first-order chi connectivity index (χ1) is 14.7. The van der Waals surface area contributed by atoms with E-state index in [4.69, 9.17) is 14.5 Å². The number of aryl methyl sites for hydroxylation is 1. The van der Waals surface area contributed by atoms with Gasteiger partial charge in [0.15, 0.2) is 11.5 Å². The maximum atomic E-state index is 5.62. The summed E-state index contributed by atoms with van der Waals surface area (Å²) < 4.78 is 11.1. The number of hydrogen-bond acceptors (Lipinski definition) is 6. The number of nitrogens with zero attached hydrogens (tertiary/aromatic N) is 3. The van der Waals surface area contributed by atoms with Gasteiger partial charge in [-0.1, -0.05) is 12.1 Å². The quantitative estimate of drug-likeness (QED) is 0.543. The van der Waals surface area contributed by atoms with Crippen LogP contribution in [-0.2, 0) is 6.54 Å². The highest BCUT2D eigenvalue weighted by molar-refractivity contribution is 7.13. The molecular weight excluding hydrogens is 394 g/mol. The summed E-state index contributed by atoms with van der Waals surface area (Å²) in [4.78, 5) is 9.85. The number of thiazole rings is 1. The molecule has 1 saturated heterocycles. The minimum atomic E-state index is 0.619. The van der Waals surface area contributed by atoms with Gasteiger partial charge in [0.1, 0.15) is 5.01 Å². The van der Waals surface area contributed by atoms with Crippen LogP contribution in [-0.4, -0.2) is 49.8 Å². The minimum absolute atomic E-state index is 0.619. The van der Waals surface area contributed by atoms with Crippen LogP contribution in [0, 0.1) is 6.92 Å². The maximum Gasteiger partial charge on any atom is 0.161 e. The lowest BCUT2D eigenvalue weighted by atomic mass is 10.2. The maximum absolute atomic E-state index is 5.62. The summed E-state index contributed by atoms with van der Waals surface area (Å²) in [6, 6.07) is 14.8. The zero-order valence-corrected chi connectivity index (χ0v) is 18.7. The van der Waals surface area contributed by atoms with Crippen molar-refractivity contribution in [2.24, 2.45) is 0 Å². The highest BCUT2D eigenvalue weighted by Gasteiger charge is 2.19. The lowest BCUT2D eigenvalue weighted by Gasteiger charge is -2.35. The van der Waals surface area contributed by atoms with Crippen molar-refractivity contribution in [3.63, 3.8) is 0 Å². The van der Waals surface area contributed by atoms with Gasteiger partial charge in [0.05, 0.1) is 19.4 Å². The van der Waals surface area contributed by atoms with Gasteiger partial charge in [-0.25, -0.2) is 4.98 Å². The molecule has 1 aliphatic rings. The third-order valence-electron chi connectivity index (χ3n) is 5.39. The van der Waals surface area contributed by atoms with E-state index in [2.05, 4.69) is 52.4 Å². The van der Waals surface area contributed by atoms with E-state index in [-0.39, 0.29) is 0 Å². The number of ether oxygens (including phenoxy) is 2. The summed E-state index contributed by atoms with van der Waals surface area (Å²) in [5.74, 6) is 1.52. The van der Waals surface area contributed by atoms with Gasteiger partial charge in [-0.2, -0.15) is 0 Å². The average Bonchev–Trinajstić information content (AvgIpc) is 3.23. The lowest BCUT2D eigenvalue weighted by Crippen LogP contribution is -2.46. The Morgan fingerprint density at radius 2 is 1.87 bits per heavy atom. The third kappa shape index (κ3) is 4.77. The van der Waals surface area contributed by atoms with E-state index < -0.39 is 0 Å². The molecular formula is C24H29N3O2S. The highest BCUT2D eigenvalue weighted by Crippen LogP contribution is 2.34. The first kappa shape index (κ1) is 20.7. The second-order valence-electron chi connectivity index (χ2n) is 7.54. The van der Waals surface area contributed by atoms with Crippen LogP contribution in [0.5, 0.6) is 11.5 Å². The molecule has 4 rings (SSSR count). The summed E-state index contributed by atoms with van der Waals surface area (Å²) in [5.41, 5.74) is 4.84. The molecule has 30 heavy (non-hydrogen) atoms. The lowest BCUT2D eigenvalue weighted by molar-refractivity contribution is 0.247. The Balaban J connectivity index is 1.37. The molecule has 5 nitrogen and oxygen atoms in total. The van der Waals surface area contributed by atoms with E-state index in [0.717, 1.165) is 60.5 Å². The van der Waals surface area contributed by atoms with Gasteiger partial charge in [-0.3, -0.25) is 4.90 Å². The van der Waals surface area contributed by atoms with Gasteiger partial charge in [0, 0.05) is 49.4 Å². The SMILES string of the molecule is CCOc1ccc(-c2nc(CN3CCN(c4cccc(C)c4)CC3)cs2)cc1OC. The molecule has 3 aromatic rings. The van der Waals surface area contributed by atoms with E-state index in [1.165, 1.54) is 11.3 Å². The molecule has 0 aliphatic carbocycles. The molecule has 2 heterocycles. The van der Waals surface area contributed by atoms with Crippen molar-refractivity contribution >= 4 is 17.0 Å². The molecule has 1 fully saturated rings. The van der Waals surface area contributed by atoms with Crippen LogP contribution in [0.4, 0.5) is 5.69 Å². The second kappa shape index (κ2) is 9.49. The second-order valence-corrected chi connectivity index (χ2v) is 8.40. The zero-order valence-electron chi connectivity index (χ0n) is 17.9. The summed E-state index contributed by atoms with van der Waals surface area (Å²) >= 11 is 1.68. The van der Waals surface area contributed by atoms with Crippen molar-refractivity contribution in [2.75, 3.05) is 44.8 Å². The fourth-order valence-corrected chi connectivity index (χ4v) is 4.61. The van der Waals surface area contributed by atoms with Gasteiger partial charge in [-0.15, -0.1) is 11.3 Å². The molecule has 0 saturated carbocycles. The standard InChI is InChI=1S/C24H29N3O2S/c1-4-29-22-9-8-19(15-23(22)28-3)24-25-20(17-30-24)16-26-10-12-27(13-11-26)21-7-5-6-18(2)14-21/h5-9,14-15,17H,4,10-13,16H2,1-3H3. The van der Waals surface area contributed by atoms with Crippen molar-refractivity contribution in [2.45, 2.75) is 20.4 Å². The third-order valence-corrected chi connectivity index (χ3v) is 6.33. The molecule has 0 unspecified atom stereocenters. The van der Waals surface area contributed by atoms with Crippen LogP contribution in [0.3, 0.4) is 0 Å². The van der Waals surface area contributed by atoms with Crippen molar-refractivity contribution in [3.05, 3.63) is 59.1 Å². The first-order valence-corrected chi connectivity index (χ1v) is 11.3. The van der Waals surface area contributed by atoms with Gasteiger partial charge in [-0.05, 0) is 49.7 Å². The molecule has 0 atom stereocenters. The fourth-order valence-electron chi connectivity index (χ4n) is 3.81. The van der Waals surface area contributed by atoms with E-state index >= 15 is 0 Å². The number of aromatic nitrogens is 1.